The molecule has 1 heterocycles. The van der Waals surface area contributed by atoms with Crippen molar-refractivity contribution >= 4 is 33.0 Å². The van der Waals surface area contributed by atoms with Gasteiger partial charge in [0.15, 0.2) is 5.78 Å². The molecule has 19 heavy (non-hydrogen) atoms. The molecule has 1 aromatic heterocycles. The normalized spacial score (nSPS) is 17.7. The number of hydrogen-bond donors (Lipinski definition) is 0. The molecule has 2 rings (SSSR count). The Kier molecular flexibility index (Phi) is 4.71. The van der Waals surface area contributed by atoms with Crippen LogP contribution in [-0.2, 0) is 6.18 Å². The number of rotatable bonds is 3. The van der Waals surface area contributed by atoms with Gasteiger partial charge in [0.25, 0.3) is 0 Å². The second kappa shape index (κ2) is 5.95. The first-order valence-electron chi connectivity index (χ1n) is 6.27. The van der Waals surface area contributed by atoms with E-state index in [1.807, 2.05) is 0 Å². The van der Waals surface area contributed by atoms with Crippen molar-refractivity contribution in [3.63, 3.8) is 0 Å². The summed E-state index contributed by atoms with van der Waals surface area (Å²) in [6.45, 7) is 0. The molecule has 0 spiro atoms. The lowest BCUT2D eigenvalue weighted by molar-refractivity contribution is -0.137. The van der Waals surface area contributed by atoms with Crippen LogP contribution in [0.1, 0.15) is 53.8 Å². The summed E-state index contributed by atoms with van der Waals surface area (Å²) in [5, 5.41) is 1.01. The van der Waals surface area contributed by atoms with E-state index in [0.717, 1.165) is 42.4 Å². The van der Waals surface area contributed by atoms with Crippen LogP contribution in [0.25, 0.3) is 0 Å². The Labute approximate surface area is 122 Å². The zero-order valence-electron chi connectivity index (χ0n) is 10.2. The predicted octanol–water partition coefficient (Wildman–Crippen LogP) is 5.68. The van der Waals surface area contributed by atoms with Crippen LogP contribution in [0.15, 0.2) is 9.85 Å². The summed E-state index contributed by atoms with van der Waals surface area (Å²) >= 11 is 3.81. The van der Waals surface area contributed by atoms with Gasteiger partial charge in [0.1, 0.15) is 0 Å². The van der Waals surface area contributed by atoms with Gasteiger partial charge in [0.2, 0.25) is 0 Å². The van der Waals surface area contributed by atoms with Gasteiger partial charge in [0, 0.05) is 11.8 Å². The van der Waals surface area contributed by atoms with Gasteiger partial charge in [0.05, 0.1) is 14.9 Å². The first-order valence-corrected chi connectivity index (χ1v) is 7.94. The zero-order chi connectivity index (χ0) is 14.0. The summed E-state index contributed by atoms with van der Waals surface area (Å²) in [5.41, 5.74) is -0.746. The molecule has 0 atom stereocenters. The lowest BCUT2D eigenvalue weighted by Gasteiger charge is -2.20. The highest BCUT2D eigenvalue weighted by Gasteiger charge is 2.36. The minimum absolute atomic E-state index is 0.0918. The average Bonchev–Trinajstić information content (AvgIpc) is 2.72. The van der Waals surface area contributed by atoms with E-state index < -0.39 is 11.7 Å². The van der Waals surface area contributed by atoms with Crippen LogP contribution in [0, 0.1) is 5.92 Å². The maximum Gasteiger partial charge on any atom is 0.418 e. The summed E-state index contributed by atoms with van der Waals surface area (Å²) in [5.74, 6) is 0.170. The molecular formula is C13H14BrF3OS. The van der Waals surface area contributed by atoms with Crippen molar-refractivity contribution in [1.82, 2.24) is 0 Å². The van der Waals surface area contributed by atoms with Gasteiger partial charge in [-0.15, -0.1) is 11.3 Å². The number of halogens is 4. The maximum absolute atomic E-state index is 12.6. The molecule has 1 aromatic rings. The maximum atomic E-state index is 12.6. The van der Waals surface area contributed by atoms with Crippen LogP contribution in [0.2, 0.25) is 0 Å². The van der Waals surface area contributed by atoms with Gasteiger partial charge in [-0.3, -0.25) is 4.79 Å². The molecule has 106 valence electrons. The van der Waals surface area contributed by atoms with Gasteiger partial charge >= 0.3 is 6.18 Å². The minimum atomic E-state index is -4.40. The van der Waals surface area contributed by atoms with Crippen molar-refractivity contribution in [3.8, 4) is 0 Å². The molecule has 1 aliphatic carbocycles. The first kappa shape index (κ1) is 15.0. The lowest BCUT2D eigenvalue weighted by Crippen LogP contribution is -2.12. The topological polar surface area (TPSA) is 17.1 Å². The fourth-order valence-corrected chi connectivity index (χ4v) is 4.38. The highest BCUT2D eigenvalue weighted by atomic mass is 79.9. The molecule has 0 N–H and O–H groups in total. The fraction of sp³-hybridized carbons (Fsp3) is 0.615. The number of hydrogen-bond acceptors (Lipinski definition) is 2. The Balaban J connectivity index is 2.09. The highest BCUT2D eigenvalue weighted by molar-refractivity contribution is 9.10. The lowest BCUT2D eigenvalue weighted by atomic mass is 9.85. The fourth-order valence-electron chi connectivity index (χ4n) is 2.47. The number of thiophene rings is 1. The van der Waals surface area contributed by atoms with Crippen molar-refractivity contribution in [2.75, 3.05) is 0 Å². The van der Waals surface area contributed by atoms with Crippen LogP contribution in [0.3, 0.4) is 0 Å². The molecule has 0 saturated heterocycles. The Hall–Kier alpha value is -0.360. The highest BCUT2D eigenvalue weighted by Crippen LogP contribution is 2.41. The van der Waals surface area contributed by atoms with Gasteiger partial charge in [-0.1, -0.05) is 32.1 Å². The third-order valence-corrected chi connectivity index (χ3v) is 5.60. The van der Waals surface area contributed by atoms with Gasteiger partial charge < -0.3 is 0 Å². The van der Waals surface area contributed by atoms with Crippen LogP contribution in [-0.4, -0.2) is 5.78 Å². The molecule has 0 bridgehead atoms. The van der Waals surface area contributed by atoms with E-state index in [-0.39, 0.29) is 15.1 Å². The summed E-state index contributed by atoms with van der Waals surface area (Å²) in [7, 11) is 0. The van der Waals surface area contributed by atoms with Crippen molar-refractivity contribution in [2.24, 2.45) is 5.92 Å². The molecule has 0 amide bonds. The van der Waals surface area contributed by atoms with E-state index in [9.17, 15) is 18.0 Å². The van der Waals surface area contributed by atoms with Gasteiger partial charge in [-0.25, -0.2) is 0 Å². The van der Waals surface area contributed by atoms with Crippen LogP contribution in [0.5, 0.6) is 0 Å². The van der Waals surface area contributed by atoms with Crippen LogP contribution < -0.4 is 0 Å². The van der Waals surface area contributed by atoms with Crippen LogP contribution in [0.4, 0.5) is 13.2 Å². The standard InChI is InChI=1S/C13H14BrF3OS/c14-11-9(13(15,16)17)7-19-12(11)10(18)6-8-4-2-1-3-5-8/h7-8H,1-6H2. The van der Waals surface area contributed by atoms with Crippen molar-refractivity contribution < 1.29 is 18.0 Å². The van der Waals surface area contributed by atoms with Crippen molar-refractivity contribution in [1.29, 1.82) is 0 Å². The Morgan fingerprint density at radius 3 is 2.47 bits per heavy atom. The molecule has 6 heteroatoms. The second-order valence-electron chi connectivity index (χ2n) is 4.92. The first-order chi connectivity index (χ1) is 8.89. The summed E-state index contributed by atoms with van der Waals surface area (Å²) < 4.78 is 37.9. The third kappa shape index (κ3) is 3.60. The number of ketones is 1. The summed E-state index contributed by atoms with van der Waals surface area (Å²) in [6, 6.07) is 0. The van der Waals surface area contributed by atoms with E-state index in [0.29, 0.717) is 12.3 Å². The number of Topliss-reactive ketones (excluding diaryl/α,β-unsaturated/α-hetero) is 1. The molecule has 0 aliphatic heterocycles. The SMILES string of the molecule is O=C(CC1CCCCC1)c1scc(C(F)(F)F)c1Br. The molecule has 0 aromatic carbocycles. The molecule has 1 nitrogen and oxygen atoms in total. The Bertz CT molecular complexity index is 461. The van der Waals surface area contributed by atoms with Crippen LogP contribution >= 0.6 is 27.3 Å². The van der Waals surface area contributed by atoms with E-state index >= 15 is 0 Å². The predicted molar refractivity (Wildman–Crippen MR) is 72.5 cm³/mol. The van der Waals surface area contributed by atoms with Gasteiger partial charge in [-0.05, 0) is 21.8 Å². The Morgan fingerprint density at radius 2 is 1.95 bits per heavy atom. The second-order valence-corrected chi connectivity index (χ2v) is 6.59. The molecule has 1 aliphatic rings. The van der Waals surface area contributed by atoms with Crippen molar-refractivity contribution in [2.45, 2.75) is 44.7 Å². The number of carbonyl (C=O) groups is 1. The molecule has 0 unspecified atom stereocenters. The largest absolute Gasteiger partial charge is 0.418 e. The molecule has 1 saturated carbocycles. The molecule has 0 radical (unpaired) electrons. The smallest absolute Gasteiger partial charge is 0.293 e. The number of carbonyl (C=O) groups excluding carboxylic acids is 1. The quantitative estimate of drug-likeness (QED) is 0.638. The van der Waals surface area contributed by atoms with E-state index in [1.165, 1.54) is 6.42 Å². The molecular weight excluding hydrogens is 341 g/mol. The summed E-state index contributed by atoms with van der Waals surface area (Å²) in [4.78, 5) is 12.3. The van der Waals surface area contributed by atoms with Crippen molar-refractivity contribution in [3.05, 3.63) is 20.3 Å². The van der Waals surface area contributed by atoms with E-state index in [1.54, 1.807) is 0 Å². The molecule has 1 fully saturated rings. The van der Waals surface area contributed by atoms with E-state index in [4.69, 9.17) is 0 Å². The minimum Gasteiger partial charge on any atom is -0.293 e. The zero-order valence-corrected chi connectivity index (χ0v) is 12.6. The summed E-state index contributed by atoms with van der Waals surface area (Å²) in [6.07, 6.45) is 1.44. The van der Waals surface area contributed by atoms with E-state index in [2.05, 4.69) is 15.9 Å². The van der Waals surface area contributed by atoms with Gasteiger partial charge in [-0.2, -0.15) is 13.2 Å². The average molecular weight is 355 g/mol. The number of alkyl halides is 3. The third-order valence-electron chi connectivity index (χ3n) is 3.49. The monoisotopic (exact) mass is 354 g/mol. The Morgan fingerprint density at radius 1 is 1.32 bits per heavy atom.